The summed E-state index contributed by atoms with van der Waals surface area (Å²) in [5.41, 5.74) is 1.93. The smallest absolute Gasteiger partial charge is 0.235 e. The Morgan fingerprint density at radius 2 is 1.73 bits per heavy atom. The fraction of sp³-hybridized carbons (Fsp3) is 0.316. The summed E-state index contributed by atoms with van der Waals surface area (Å²) in [6, 6.07) is 16.5. The Hall–Kier alpha value is -1.89. The highest BCUT2D eigenvalue weighted by atomic mass is 35.5. The molecule has 0 aliphatic carbocycles. The molecule has 0 spiro atoms. The van der Waals surface area contributed by atoms with Crippen molar-refractivity contribution >= 4 is 27.5 Å². The van der Waals surface area contributed by atoms with Crippen molar-refractivity contribution in [3.63, 3.8) is 0 Å². The molecule has 0 saturated heterocycles. The van der Waals surface area contributed by atoms with Crippen molar-refractivity contribution in [2.45, 2.75) is 19.4 Å². The third-order valence-electron chi connectivity index (χ3n) is 4.03. The summed E-state index contributed by atoms with van der Waals surface area (Å²) in [4.78, 5) is 12.3. The van der Waals surface area contributed by atoms with Gasteiger partial charge in [-0.05, 0) is 36.6 Å². The highest BCUT2D eigenvalue weighted by Gasteiger charge is 2.21. The molecule has 0 aliphatic rings. The molecule has 0 aliphatic heterocycles. The quantitative estimate of drug-likeness (QED) is 0.748. The fourth-order valence-electron chi connectivity index (χ4n) is 2.54. The van der Waals surface area contributed by atoms with Gasteiger partial charge in [-0.2, -0.15) is 4.31 Å². The van der Waals surface area contributed by atoms with Crippen molar-refractivity contribution in [3.05, 3.63) is 70.7 Å². The zero-order valence-electron chi connectivity index (χ0n) is 14.9. The number of halogens is 1. The Kier molecular flexibility index (Phi) is 7.20. The van der Waals surface area contributed by atoms with E-state index in [9.17, 15) is 13.2 Å². The van der Waals surface area contributed by atoms with Gasteiger partial charge in [-0.25, -0.2) is 8.42 Å². The van der Waals surface area contributed by atoms with E-state index in [4.69, 9.17) is 11.6 Å². The van der Waals surface area contributed by atoms with Crippen molar-refractivity contribution in [1.29, 1.82) is 0 Å². The number of nitrogens with one attached hydrogen (secondary N) is 1. The standard InChI is InChI=1S/C19H23ClN2O3S/c1-15(17-8-10-18(20)11-9-17)21-19(23)14-22(26(2,24)25)13-12-16-6-4-3-5-7-16/h3-11,15H,12-14H2,1-2H3,(H,21,23). The van der Waals surface area contributed by atoms with E-state index in [0.717, 1.165) is 17.4 Å². The molecular weight excluding hydrogens is 372 g/mol. The first-order valence-corrected chi connectivity index (χ1v) is 10.5. The van der Waals surface area contributed by atoms with Crippen molar-refractivity contribution in [3.8, 4) is 0 Å². The molecule has 0 aromatic heterocycles. The second-order valence-corrected chi connectivity index (χ2v) is 8.59. The first kappa shape index (κ1) is 20.4. The van der Waals surface area contributed by atoms with Crippen LogP contribution in [0.5, 0.6) is 0 Å². The number of sulfonamides is 1. The second-order valence-electron chi connectivity index (χ2n) is 6.17. The van der Waals surface area contributed by atoms with Gasteiger partial charge in [-0.15, -0.1) is 0 Å². The van der Waals surface area contributed by atoms with Crippen LogP contribution in [0.2, 0.25) is 5.02 Å². The van der Waals surface area contributed by atoms with Gasteiger partial charge in [0.15, 0.2) is 0 Å². The van der Waals surface area contributed by atoms with E-state index >= 15 is 0 Å². The van der Waals surface area contributed by atoms with E-state index in [2.05, 4.69) is 5.32 Å². The second kappa shape index (κ2) is 9.16. The number of nitrogens with zero attached hydrogens (tertiary/aromatic N) is 1. The average molecular weight is 395 g/mol. The highest BCUT2D eigenvalue weighted by molar-refractivity contribution is 7.88. The summed E-state index contributed by atoms with van der Waals surface area (Å²) in [7, 11) is -3.48. The van der Waals surface area contributed by atoms with Crippen LogP contribution in [0.4, 0.5) is 0 Å². The van der Waals surface area contributed by atoms with Crippen LogP contribution in [0.1, 0.15) is 24.1 Å². The summed E-state index contributed by atoms with van der Waals surface area (Å²) in [5.74, 6) is -0.342. The lowest BCUT2D eigenvalue weighted by molar-refractivity contribution is -0.121. The number of hydrogen-bond acceptors (Lipinski definition) is 3. The zero-order chi connectivity index (χ0) is 19.2. The van der Waals surface area contributed by atoms with Crippen molar-refractivity contribution in [2.24, 2.45) is 0 Å². The predicted octanol–water partition coefficient (Wildman–Crippen LogP) is 3.02. The molecule has 2 aromatic rings. The molecular formula is C19H23ClN2O3S. The van der Waals surface area contributed by atoms with Crippen LogP contribution in [0, 0.1) is 0 Å². The van der Waals surface area contributed by atoms with Crippen LogP contribution < -0.4 is 5.32 Å². The Labute approximate surface area is 160 Å². The van der Waals surface area contributed by atoms with Gasteiger partial charge in [0, 0.05) is 11.6 Å². The third kappa shape index (κ3) is 6.44. The van der Waals surface area contributed by atoms with Crippen LogP contribution in [0.3, 0.4) is 0 Å². The molecule has 0 heterocycles. The molecule has 5 nitrogen and oxygen atoms in total. The molecule has 26 heavy (non-hydrogen) atoms. The van der Waals surface area contributed by atoms with Gasteiger partial charge < -0.3 is 5.32 Å². The van der Waals surface area contributed by atoms with Crippen molar-refractivity contribution in [1.82, 2.24) is 9.62 Å². The number of amides is 1. The third-order valence-corrected chi connectivity index (χ3v) is 5.53. The molecule has 1 atom stereocenters. The van der Waals surface area contributed by atoms with E-state index in [-0.39, 0.29) is 25.0 Å². The first-order chi connectivity index (χ1) is 12.3. The highest BCUT2D eigenvalue weighted by Crippen LogP contribution is 2.16. The summed E-state index contributed by atoms with van der Waals surface area (Å²) < 4.78 is 25.2. The predicted molar refractivity (Wildman–Crippen MR) is 105 cm³/mol. The van der Waals surface area contributed by atoms with E-state index in [1.807, 2.05) is 49.4 Å². The van der Waals surface area contributed by atoms with Crippen LogP contribution >= 0.6 is 11.6 Å². The van der Waals surface area contributed by atoms with Crippen LogP contribution in [-0.2, 0) is 21.2 Å². The number of carbonyl (C=O) groups is 1. The number of carbonyl (C=O) groups excluding carboxylic acids is 1. The minimum atomic E-state index is -3.48. The topological polar surface area (TPSA) is 66.5 Å². The van der Waals surface area contributed by atoms with Crippen LogP contribution in [0.15, 0.2) is 54.6 Å². The summed E-state index contributed by atoms with van der Waals surface area (Å²) in [6.45, 7) is 1.89. The fourth-order valence-corrected chi connectivity index (χ4v) is 3.44. The Morgan fingerprint density at radius 1 is 1.12 bits per heavy atom. The Bertz CT molecular complexity index is 824. The van der Waals surface area contributed by atoms with Gasteiger partial charge in [0.1, 0.15) is 0 Å². The van der Waals surface area contributed by atoms with Crippen molar-refractivity contribution in [2.75, 3.05) is 19.3 Å². The molecule has 0 bridgehead atoms. The SMILES string of the molecule is CC(NC(=O)CN(CCc1ccccc1)S(C)(=O)=O)c1ccc(Cl)cc1. The Morgan fingerprint density at radius 3 is 2.31 bits per heavy atom. The minimum Gasteiger partial charge on any atom is -0.348 e. The number of rotatable bonds is 8. The molecule has 0 radical (unpaired) electrons. The van der Waals surface area contributed by atoms with Gasteiger partial charge in [0.2, 0.25) is 15.9 Å². The molecule has 1 amide bonds. The molecule has 1 N–H and O–H groups in total. The lowest BCUT2D eigenvalue weighted by Crippen LogP contribution is -2.41. The summed E-state index contributed by atoms with van der Waals surface area (Å²) in [6.07, 6.45) is 1.67. The maximum absolute atomic E-state index is 12.3. The molecule has 0 fully saturated rings. The van der Waals surface area contributed by atoms with Crippen LogP contribution in [0.25, 0.3) is 0 Å². The summed E-state index contributed by atoms with van der Waals surface area (Å²) >= 11 is 5.87. The molecule has 7 heteroatoms. The van der Waals surface area contributed by atoms with E-state index in [1.165, 1.54) is 4.31 Å². The lowest BCUT2D eigenvalue weighted by Gasteiger charge is -2.21. The van der Waals surface area contributed by atoms with Gasteiger partial charge in [-0.3, -0.25) is 4.79 Å². The lowest BCUT2D eigenvalue weighted by atomic mass is 10.1. The largest absolute Gasteiger partial charge is 0.348 e. The molecule has 0 saturated carbocycles. The first-order valence-electron chi connectivity index (χ1n) is 8.29. The van der Waals surface area contributed by atoms with E-state index in [0.29, 0.717) is 11.4 Å². The Balaban J connectivity index is 1.96. The monoisotopic (exact) mass is 394 g/mol. The van der Waals surface area contributed by atoms with Crippen LogP contribution in [-0.4, -0.2) is 38.0 Å². The normalized spacial score (nSPS) is 12.8. The number of benzene rings is 2. The van der Waals surface area contributed by atoms with Crippen molar-refractivity contribution < 1.29 is 13.2 Å². The number of hydrogen-bond donors (Lipinski definition) is 1. The van der Waals surface area contributed by atoms with Gasteiger partial charge >= 0.3 is 0 Å². The maximum Gasteiger partial charge on any atom is 0.235 e. The minimum absolute atomic E-state index is 0.205. The molecule has 2 aromatic carbocycles. The summed E-state index contributed by atoms with van der Waals surface area (Å²) in [5, 5.41) is 3.45. The maximum atomic E-state index is 12.3. The molecule has 140 valence electrons. The average Bonchev–Trinajstić information content (AvgIpc) is 2.59. The zero-order valence-corrected chi connectivity index (χ0v) is 16.4. The van der Waals surface area contributed by atoms with E-state index in [1.54, 1.807) is 12.1 Å². The van der Waals surface area contributed by atoms with Gasteiger partial charge in [0.05, 0.1) is 18.8 Å². The van der Waals surface area contributed by atoms with Gasteiger partial charge in [0.25, 0.3) is 0 Å². The molecule has 1 unspecified atom stereocenters. The van der Waals surface area contributed by atoms with E-state index < -0.39 is 10.0 Å². The van der Waals surface area contributed by atoms with Gasteiger partial charge in [-0.1, -0.05) is 54.1 Å². The molecule has 2 rings (SSSR count).